The predicted octanol–water partition coefficient (Wildman–Crippen LogP) is 3.01. The van der Waals surface area contributed by atoms with Crippen molar-refractivity contribution in [2.75, 3.05) is 7.11 Å². The molecule has 0 amide bonds. The molecule has 0 aromatic carbocycles. The molecule has 1 N–H and O–H groups in total. The average molecular weight is 178 g/mol. The van der Waals surface area contributed by atoms with Gasteiger partial charge < -0.3 is 5.11 Å². The molecule has 0 aliphatic heterocycles. The Morgan fingerprint density at radius 1 is 1.15 bits per heavy atom. The van der Waals surface area contributed by atoms with Crippen molar-refractivity contribution in [1.29, 1.82) is 0 Å². The van der Waals surface area contributed by atoms with Gasteiger partial charge in [-0.25, -0.2) is 0 Å². The smallest absolute Gasteiger partial charge is 0.0319 e. The van der Waals surface area contributed by atoms with E-state index in [0.29, 0.717) is 0 Å². The van der Waals surface area contributed by atoms with E-state index in [9.17, 15) is 0 Å². The Kier molecular flexibility index (Phi) is 3.97. The van der Waals surface area contributed by atoms with Crippen LogP contribution in [0, 0.1) is 0 Å². The summed E-state index contributed by atoms with van der Waals surface area (Å²) in [6.45, 7) is 2.25. The van der Waals surface area contributed by atoms with Crippen LogP contribution in [0.25, 0.3) is 11.1 Å². The lowest BCUT2D eigenvalue weighted by atomic mass is 9.84. The number of aliphatic hydroxyl groups is 1. The minimum absolute atomic E-state index is 1.00. The number of aliphatic hydroxyl groups excluding tert-OH is 1. The molecule has 72 valence electrons. The van der Waals surface area contributed by atoms with Crippen molar-refractivity contribution in [2.45, 2.75) is 32.6 Å². The highest BCUT2D eigenvalue weighted by Crippen LogP contribution is 2.37. The van der Waals surface area contributed by atoms with E-state index >= 15 is 0 Å². The van der Waals surface area contributed by atoms with Crippen LogP contribution < -0.4 is 0 Å². The zero-order chi connectivity index (χ0) is 9.68. The number of fused-ring (bicyclic) bond motifs is 1. The van der Waals surface area contributed by atoms with Gasteiger partial charge in [-0.1, -0.05) is 38.0 Å². The first-order chi connectivity index (χ1) is 6.42. The highest BCUT2D eigenvalue weighted by molar-refractivity contribution is 5.80. The number of hydrogen-bond donors (Lipinski definition) is 1. The van der Waals surface area contributed by atoms with Crippen LogP contribution in [0.4, 0.5) is 0 Å². The predicted molar refractivity (Wildman–Crippen MR) is 56.8 cm³/mol. The summed E-state index contributed by atoms with van der Waals surface area (Å²) < 4.78 is 0. The van der Waals surface area contributed by atoms with Gasteiger partial charge >= 0.3 is 0 Å². The van der Waals surface area contributed by atoms with Gasteiger partial charge in [0.25, 0.3) is 0 Å². The molecule has 0 unspecified atom stereocenters. The minimum Gasteiger partial charge on any atom is -0.400 e. The quantitative estimate of drug-likeness (QED) is 0.713. The number of benzene rings is 1. The first kappa shape index (κ1) is 10.3. The fourth-order valence-electron chi connectivity index (χ4n) is 1.64. The van der Waals surface area contributed by atoms with E-state index in [2.05, 4.69) is 25.1 Å². The zero-order valence-electron chi connectivity index (χ0n) is 8.51. The maximum Gasteiger partial charge on any atom is 0.0319 e. The summed E-state index contributed by atoms with van der Waals surface area (Å²) in [5.41, 5.74) is 4.62. The zero-order valence-corrected chi connectivity index (χ0v) is 8.51. The molecule has 1 heteroatoms. The fraction of sp³-hybridized carbons (Fsp3) is 0.500. The summed E-state index contributed by atoms with van der Waals surface area (Å²) in [6, 6.07) is 6.75. The van der Waals surface area contributed by atoms with Gasteiger partial charge in [0.15, 0.2) is 0 Å². The van der Waals surface area contributed by atoms with Crippen LogP contribution in [0.3, 0.4) is 0 Å². The molecular formula is C12H18O. The Morgan fingerprint density at radius 2 is 1.92 bits per heavy atom. The number of hydrogen-bond acceptors (Lipinski definition) is 1. The van der Waals surface area contributed by atoms with Crippen LogP contribution in [-0.2, 0) is 6.42 Å². The summed E-state index contributed by atoms with van der Waals surface area (Å²) in [4.78, 5) is 0. The Hall–Kier alpha value is -0.820. The lowest BCUT2D eigenvalue weighted by Gasteiger charge is -2.20. The van der Waals surface area contributed by atoms with Gasteiger partial charge in [0, 0.05) is 7.11 Å². The van der Waals surface area contributed by atoms with Crippen molar-refractivity contribution in [1.82, 2.24) is 0 Å². The molecule has 0 heterocycles. The molecule has 0 saturated carbocycles. The number of unbranched alkanes of at least 4 members (excludes halogenated alkanes) is 2. The minimum atomic E-state index is 1.00. The maximum atomic E-state index is 7.00. The Bertz CT molecular complexity index is 266. The monoisotopic (exact) mass is 178 g/mol. The first-order valence-corrected chi connectivity index (χ1v) is 5.00. The van der Waals surface area contributed by atoms with Crippen LogP contribution in [-0.4, -0.2) is 12.2 Å². The maximum absolute atomic E-state index is 7.00. The standard InChI is InChI=1S/C11H14.CH4O/c1-2-3-4-5-9-8-10-6-7-11(9)10;1-2/h6-8H,2-5H2,1H3;2H,1H3. The van der Waals surface area contributed by atoms with Gasteiger partial charge in [0.05, 0.1) is 0 Å². The molecule has 2 aliphatic carbocycles. The molecule has 0 fully saturated rings. The van der Waals surface area contributed by atoms with Gasteiger partial charge in [-0.3, -0.25) is 0 Å². The van der Waals surface area contributed by atoms with Crippen LogP contribution in [0.1, 0.15) is 31.7 Å². The highest BCUT2D eigenvalue weighted by Gasteiger charge is 2.14. The molecule has 0 saturated heterocycles. The molecule has 0 aromatic rings. The van der Waals surface area contributed by atoms with E-state index < -0.39 is 0 Å². The second-order valence-electron chi connectivity index (χ2n) is 3.33. The largest absolute Gasteiger partial charge is 0.400 e. The van der Waals surface area contributed by atoms with Gasteiger partial charge in [-0.15, -0.1) is 0 Å². The molecule has 0 radical (unpaired) electrons. The van der Waals surface area contributed by atoms with E-state index in [1.165, 1.54) is 31.2 Å². The number of aryl methyl sites for hydroxylation is 1. The van der Waals surface area contributed by atoms with E-state index in [4.69, 9.17) is 5.11 Å². The molecule has 0 spiro atoms. The fourth-order valence-corrected chi connectivity index (χ4v) is 1.64. The van der Waals surface area contributed by atoms with Crippen molar-refractivity contribution in [2.24, 2.45) is 0 Å². The SMILES string of the molecule is CCCCCc1cc2ccc1-2.CO. The Balaban J connectivity index is 0.000000396. The van der Waals surface area contributed by atoms with Gasteiger partial charge in [0.2, 0.25) is 0 Å². The van der Waals surface area contributed by atoms with E-state index in [1.807, 2.05) is 0 Å². The molecule has 0 aromatic heterocycles. The lowest BCUT2D eigenvalue weighted by Crippen LogP contribution is -2.00. The van der Waals surface area contributed by atoms with Crippen LogP contribution in [0.5, 0.6) is 0 Å². The topological polar surface area (TPSA) is 20.2 Å². The third-order valence-corrected chi connectivity index (χ3v) is 2.47. The number of rotatable bonds is 4. The molecule has 0 atom stereocenters. The lowest BCUT2D eigenvalue weighted by molar-refractivity contribution is 0.399. The molecule has 1 nitrogen and oxygen atoms in total. The van der Waals surface area contributed by atoms with Crippen LogP contribution in [0.2, 0.25) is 0 Å². The normalized spacial score (nSPS) is 10.4. The molecule has 2 aliphatic rings. The van der Waals surface area contributed by atoms with Gasteiger partial charge in [-0.05, 0) is 29.5 Å². The Morgan fingerprint density at radius 3 is 2.31 bits per heavy atom. The summed E-state index contributed by atoms with van der Waals surface area (Å²) in [5.74, 6) is 0. The van der Waals surface area contributed by atoms with Crippen LogP contribution in [0.15, 0.2) is 18.2 Å². The highest BCUT2D eigenvalue weighted by atomic mass is 16.2. The summed E-state index contributed by atoms with van der Waals surface area (Å²) in [6.07, 6.45) is 5.38. The summed E-state index contributed by atoms with van der Waals surface area (Å²) >= 11 is 0. The molecular weight excluding hydrogens is 160 g/mol. The third kappa shape index (κ3) is 2.10. The van der Waals surface area contributed by atoms with Gasteiger partial charge in [0.1, 0.15) is 0 Å². The van der Waals surface area contributed by atoms with Gasteiger partial charge in [-0.2, -0.15) is 0 Å². The van der Waals surface area contributed by atoms with E-state index in [-0.39, 0.29) is 0 Å². The first-order valence-electron chi connectivity index (χ1n) is 5.00. The third-order valence-electron chi connectivity index (χ3n) is 2.47. The summed E-state index contributed by atoms with van der Waals surface area (Å²) in [5, 5.41) is 7.00. The Labute approximate surface area is 80.4 Å². The van der Waals surface area contributed by atoms with Crippen molar-refractivity contribution < 1.29 is 5.11 Å². The van der Waals surface area contributed by atoms with E-state index in [1.54, 1.807) is 11.1 Å². The average Bonchev–Trinajstić information content (AvgIpc) is 2.16. The van der Waals surface area contributed by atoms with Crippen molar-refractivity contribution in [3.8, 4) is 11.1 Å². The van der Waals surface area contributed by atoms with Crippen molar-refractivity contribution in [3.63, 3.8) is 0 Å². The van der Waals surface area contributed by atoms with Crippen molar-refractivity contribution >= 4 is 0 Å². The summed E-state index contributed by atoms with van der Waals surface area (Å²) in [7, 11) is 1.00. The van der Waals surface area contributed by atoms with E-state index in [0.717, 1.165) is 7.11 Å². The molecule has 13 heavy (non-hydrogen) atoms. The van der Waals surface area contributed by atoms with Crippen LogP contribution >= 0.6 is 0 Å². The molecule has 2 rings (SSSR count). The second-order valence-corrected chi connectivity index (χ2v) is 3.33. The molecule has 0 bridgehead atoms. The van der Waals surface area contributed by atoms with Crippen molar-refractivity contribution in [3.05, 3.63) is 23.8 Å². The second kappa shape index (κ2) is 5.03.